The number of ether oxygens (including phenoxy) is 1. The van der Waals surface area contributed by atoms with Gasteiger partial charge in [-0.25, -0.2) is 0 Å². The van der Waals surface area contributed by atoms with Crippen LogP contribution in [0.1, 0.15) is 33.7 Å². The number of benzene rings is 3. The number of carbonyl (C=O) groups excluding carboxylic acids is 1. The van der Waals surface area contributed by atoms with Crippen LogP contribution in [0.4, 0.5) is 5.69 Å². The SMILES string of the molecule is CCOc1cc([C@H]2Sc3ccccc3NC3=C2C(=O)c2ccccc23)ccc1O. The van der Waals surface area contributed by atoms with Crippen LogP contribution in [0.25, 0.3) is 5.70 Å². The molecule has 0 saturated heterocycles. The van der Waals surface area contributed by atoms with Crippen LogP contribution in [-0.2, 0) is 0 Å². The van der Waals surface area contributed by atoms with Gasteiger partial charge in [0.15, 0.2) is 17.3 Å². The summed E-state index contributed by atoms with van der Waals surface area (Å²) in [5.41, 5.74) is 5.15. The Kier molecular flexibility index (Phi) is 4.32. The lowest BCUT2D eigenvalue weighted by Crippen LogP contribution is -2.08. The van der Waals surface area contributed by atoms with E-state index in [1.165, 1.54) is 0 Å². The summed E-state index contributed by atoms with van der Waals surface area (Å²) in [4.78, 5) is 14.5. The number of ketones is 1. The van der Waals surface area contributed by atoms with Crippen molar-refractivity contribution in [3.05, 3.63) is 89.0 Å². The maximum atomic E-state index is 13.4. The van der Waals surface area contributed by atoms with Gasteiger partial charge in [-0.3, -0.25) is 4.79 Å². The lowest BCUT2D eigenvalue weighted by Gasteiger charge is -2.18. The van der Waals surface area contributed by atoms with Gasteiger partial charge in [0.25, 0.3) is 0 Å². The fourth-order valence-electron chi connectivity index (χ4n) is 3.88. The number of para-hydroxylation sites is 1. The Labute approximate surface area is 173 Å². The Hall–Kier alpha value is -3.18. The molecule has 1 atom stereocenters. The van der Waals surface area contributed by atoms with Crippen molar-refractivity contribution in [2.75, 3.05) is 11.9 Å². The summed E-state index contributed by atoms with van der Waals surface area (Å²) in [7, 11) is 0. The van der Waals surface area contributed by atoms with Gasteiger partial charge in [-0.1, -0.05) is 42.5 Å². The molecule has 0 fully saturated rings. The summed E-state index contributed by atoms with van der Waals surface area (Å²) in [6.07, 6.45) is 0. The Morgan fingerprint density at radius 1 is 1.03 bits per heavy atom. The molecule has 29 heavy (non-hydrogen) atoms. The second-order valence-electron chi connectivity index (χ2n) is 6.94. The van der Waals surface area contributed by atoms with E-state index in [-0.39, 0.29) is 16.8 Å². The van der Waals surface area contributed by atoms with Crippen molar-refractivity contribution in [1.29, 1.82) is 0 Å². The highest BCUT2D eigenvalue weighted by molar-refractivity contribution is 8.00. The number of carbonyl (C=O) groups is 1. The molecule has 144 valence electrons. The third-order valence-electron chi connectivity index (χ3n) is 5.20. The first kappa shape index (κ1) is 17.9. The van der Waals surface area contributed by atoms with E-state index in [1.54, 1.807) is 17.8 Å². The van der Waals surface area contributed by atoms with Crippen LogP contribution in [-0.4, -0.2) is 17.5 Å². The molecule has 0 saturated carbocycles. The smallest absolute Gasteiger partial charge is 0.193 e. The van der Waals surface area contributed by atoms with Gasteiger partial charge in [-0.05, 0) is 36.8 Å². The molecular weight excluding hydrogens is 382 g/mol. The second-order valence-corrected chi connectivity index (χ2v) is 8.09. The van der Waals surface area contributed by atoms with E-state index in [4.69, 9.17) is 4.74 Å². The summed E-state index contributed by atoms with van der Waals surface area (Å²) in [6.45, 7) is 2.34. The molecule has 1 heterocycles. The van der Waals surface area contributed by atoms with Gasteiger partial charge in [-0.15, -0.1) is 11.8 Å². The number of phenols is 1. The lowest BCUT2D eigenvalue weighted by molar-refractivity contribution is 0.103. The first-order valence-corrected chi connectivity index (χ1v) is 10.4. The minimum absolute atomic E-state index is 0.0411. The van der Waals surface area contributed by atoms with Gasteiger partial charge >= 0.3 is 0 Å². The predicted molar refractivity (Wildman–Crippen MR) is 116 cm³/mol. The fraction of sp³-hybridized carbons (Fsp3) is 0.125. The van der Waals surface area contributed by atoms with Gasteiger partial charge in [0.1, 0.15) is 0 Å². The number of aromatic hydroxyl groups is 1. The fourth-order valence-corrected chi connectivity index (χ4v) is 5.16. The number of phenolic OH excluding ortho intramolecular Hbond substituents is 1. The third-order valence-corrected chi connectivity index (χ3v) is 6.55. The van der Waals surface area contributed by atoms with Crippen LogP contribution in [0.2, 0.25) is 0 Å². The van der Waals surface area contributed by atoms with Gasteiger partial charge in [-0.2, -0.15) is 0 Å². The number of hydrogen-bond donors (Lipinski definition) is 2. The minimum Gasteiger partial charge on any atom is -0.504 e. The Morgan fingerprint density at radius 2 is 1.79 bits per heavy atom. The zero-order chi connectivity index (χ0) is 20.0. The summed E-state index contributed by atoms with van der Waals surface area (Å²) in [5.74, 6) is 0.573. The van der Waals surface area contributed by atoms with Gasteiger partial charge < -0.3 is 15.2 Å². The molecule has 2 N–H and O–H groups in total. The largest absolute Gasteiger partial charge is 0.504 e. The summed E-state index contributed by atoms with van der Waals surface area (Å²) in [5, 5.41) is 13.4. The molecule has 4 nitrogen and oxygen atoms in total. The molecule has 0 bridgehead atoms. The number of rotatable bonds is 3. The van der Waals surface area contributed by atoms with Crippen molar-refractivity contribution < 1.29 is 14.6 Å². The van der Waals surface area contributed by atoms with Crippen molar-refractivity contribution in [3.8, 4) is 11.5 Å². The highest BCUT2D eigenvalue weighted by atomic mass is 32.2. The summed E-state index contributed by atoms with van der Waals surface area (Å²) in [6, 6.07) is 21.1. The van der Waals surface area contributed by atoms with Crippen LogP contribution in [0.3, 0.4) is 0 Å². The van der Waals surface area contributed by atoms with E-state index in [1.807, 2.05) is 61.5 Å². The molecule has 1 aliphatic heterocycles. The van der Waals surface area contributed by atoms with Gasteiger partial charge in [0, 0.05) is 21.6 Å². The van der Waals surface area contributed by atoms with E-state index in [0.29, 0.717) is 12.4 Å². The molecule has 3 aromatic rings. The number of thioether (sulfide) groups is 1. The van der Waals surface area contributed by atoms with E-state index in [2.05, 4.69) is 11.4 Å². The van der Waals surface area contributed by atoms with E-state index in [0.717, 1.165) is 38.5 Å². The average Bonchev–Trinajstić information content (AvgIpc) is 2.91. The molecule has 0 aromatic heterocycles. The summed E-state index contributed by atoms with van der Waals surface area (Å²) < 4.78 is 5.59. The first-order valence-electron chi connectivity index (χ1n) is 9.54. The zero-order valence-corrected chi connectivity index (χ0v) is 16.6. The quantitative estimate of drug-likeness (QED) is 0.593. The first-order chi connectivity index (χ1) is 14.2. The topological polar surface area (TPSA) is 58.6 Å². The second kappa shape index (κ2) is 7.01. The number of anilines is 1. The van der Waals surface area contributed by atoms with E-state index in [9.17, 15) is 9.90 Å². The number of Topliss-reactive ketones (excluding diaryl/α,β-unsaturated/α-hetero) is 1. The lowest BCUT2D eigenvalue weighted by atomic mass is 10.0. The highest BCUT2D eigenvalue weighted by Gasteiger charge is 2.38. The van der Waals surface area contributed by atoms with Crippen molar-refractivity contribution in [2.45, 2.75) is 17.1 Å². The molecule has 0 radical (unpaired) electrons. The van der Waals surface area contributed by atoms with E-state index >= 15 is 0 Å². The molecule has 3 aromatic carbocycles. The number of nitrogens with one attached hydrogen (secondary N) is 1. The molecule has 0 spiro atoms. The molecule has 2 aliphatic rings. The molecule has 5 rings (SSSR count). The zero-order valence-electron chi connectivity index (χ0n) is 15.8. The normalized spacial score (nSPS) is 17.1. The molecular formula is C24H19NO3S. The minimum atomic E-state index is -0.221. The molecule has 0 unspecified atom stereocenters. The van der Waals surface area contributed by atoms with Crippen molar-refractivity contribution in [1.82, 2.24) is 0 Å². The van der Waals surface area contributed by atoms with Crippen LogP contribution >= 0.6 is 11.8 Å². The Bertz CT molecular complexity index is 1170. The maximum Gasteiger partial charge on any atom is 0.193 e. The van der Waals surface area contributed by atoms with Crippen molar-refractivity contribution >= 4 is 28.9 Å². The van der Waals surface area contributed by atoms with Gasteiger partial charge in [0.2, 0.25) is 0 Å². The monoisotopic (exact) mass is 401 g/mol. The average molecular weight is 401 g/mol. The standard InChI is InChI=1S/C24H19NO3S/c1-2-28-19-13-14(11-12-18(19)26)24-21-22(15-7-3-4-8-16(15)23(21)27)25-17-9-5-6-10-20(17)29-24/h3-13,24-26H,2H2,1H3/t24-/m1/s1. The van der Waals surface area contributed by atoms with Crippen LogP contribution in [0.15, 0.2) is 77.2 Å². The van der Waals surface area contributed by atoms with Crippen molar-refractivity contribution in [3.63, 3.8) is 0 Å². The van der Waals surface area contributed by atoms with Crippen LogP contribution < -0.4 is 10.1 Å². The van der Waals surface area contributed by atoms with E-state index < -0.39 is 0 Å². The summed E-state index contributed by atoms with van der Waals surface area (Å²) >= 11 is 1.64. The highest BCUT2D eigenvalue weighted by Crippen LogP contribution is 2.53. The number of fused-ring (bicyclic) bond motifs is 3. The molecule has 5 heteroatoms. The Morgan fingerprint density at radius 3 is 2.62 bits per heavy atom. The predicted octanol–water partition coefficient (Wildman–Crippen LogP) is 5.66. The van der Waals surface area contributed by atoms with Crippen LogP contribution in [0.5, 0.6) is 11.5 Å². The molecule has 0 amide bonds. The third kappa shape index (κ3) is 2.89. The number of hydrogen-bond acceptors (Lipinski definition) is 5. The molecule has 1 aliphatic carbocycles. The van der Waals surface area contributed by atoms with Crippen LogP contribution in [0, 0.1) is 0 Å². The Balaban J connectivity index is 1.71. The van der Waals surface area contributed by atoms with Crippen molar-refractivity contribution in [2.24, 2.45) is 0 Å². The van der Waals surface area contributed by atoms with Gasteiger partial charge in [0.05, 0.1) is 23.2 Å². The maximum absolute atomic E-state index is 13.4.